The highest BCUT2D eigenvalue weighted by molar-refractivity contribution is 7.21. The van der Waals surface area contributed by atoms with Gasteiger partial charge in [0, 0.05) is 17.0 Å². The number of benzene rings is 2. The molecular formula is C18H18N2S. The summed E-state index contributed by atoms with van der Waals surface area (Å²) in [4.78, 5) is 4.82. The Balaban J connectivity index is 1.89. The van der Waals surface area contributed by atoms with Crippen LogP contribution in [0.2, 0.25) is 0 Å². The minimum Gasteiger partial charge on any atom is -0.327 e. The van der Waals surface area contributed by atoms with Crippen LogP contribution in [0.3, 0.4) is 0 Å². The van der Waals surface area contributed by atoms with E-state index in [4.69, 9.17) is 10.7 Å². The molecule has 1 heterocycles. The van der Waals surface area contributed by atoms with Gasteiger partial charge in [-0.15, -0.1) is 11.3 Å². The predicted molar refractivity (Wildman–Crippen MR) is 89.6 cm³/mol. The van der Waals surface area contributed by atoms with Crippen molar-refractivity contribution in [3.8, 4) is 10.6 Å². The number of thiazole rings is 1. The number of fused-ring (bicyclic) bond motifs is 1. The molecule has 106 valence electrons. The van der Waals surface area contributed by atoms with Gasteiger partial charge < -0.3 is 5.73 Å². The first-order valence-electron chi connectivity index (χ1n) is 7.42. The van der Waals surface area contributed by atoms with Gasteiger partial charge in [0.25, 0.3) is 0 Å². The molecule has 1 fully saturated rings. The SMILES string of the molecule is CC(N)C1(c2ccccc2-c2nc3ccccc3s2)CC1. The molecule has 1 atom stereocenters. The summed E-state index contributed by atoms with van der Waals surface area (Å²) < 4.78 is 1.24. The van der Waals surface area contributed by atoms with Crippen LogP contribution in [0.4, 0.5) is 0 Å². The van der Waals surface area contributed by atoms with Gasteiger partial charge in [-0.2, -0.15) is 0 Å². The van der Waals surface area contributed by atoms with Crippen molar-refractivity contribution in [1.82, 2.24) is 4.98 Å². The van der Waals surface area contributed by atoms with Gasteiger partial charge in [-0.3, -0.25) is 0 Å². The Hall–Kier alpha value is -1.71. The van der Waals surface area contributed by atoms with Crippen LogP contribution in [-0.4, -0.2) is 11.0 Å². The van der Waals surface area contributed by atoms with Gasteiger partial charge in [-0.1, -0.05) is 36.4 Å². The average molecular weight is 294 g/mol. The molecule has 0 amide bonds. The van der Waals surface area contributed by atoms with Gasteiger partial charge in [0.2, 0.25) is 0 Å². The lowest BCUT2D eigenvalue weighted by Crippen LogP contribution is -2.31. The van der Waals surface area contributed by atoms with E-state index in [1.165, 1.54) is 28.7 Å². The maximum absolute atomic E-state index is 6.27. The second-order valence-corrected chi connectivity index (χ2v) is 7.01. The van der Waals surface area contributed by atoms with Crippen molar-refractivity contribution in [1.29, 1.82) is 0 Å². The highest BCUT2D eigenvalue weighted by atomic mass is 32.1. The summed E-state index contributed by atoms with van der Waals surface area (Å²) >= 11 is 1.77. The molecule has 0 spiro atoms. The van der Waals surface area contributed by atoms with Crippen LogP contribution in [0.15, 0.2) is 48.5 Å². The quantitative estimate of drug-likeness (QED) is 0.780. The van der Waals surface area contributed by atoms with Crippen molar-refractivity contribution < 1.29 is 0 Å². The predicted octanol–water partition coefficient (Wildman–Crippen LogP) is 4.34. The van der Waals surface area contributed by atoms with Crippen LogP contribution in [0.25, 0.3) is 20.8 Å². The van der Waals surface area contributed by atoms with Crippen molar-refractivity contribution >= 4 is 21.6 Å². The summed E-state index contributed by atoms with van der Waals surface area (Å²) in [6.07, 6.45) is 2.37. The van der Waals surface area contributed by atoms with E-state index in [1.54, 1.807) is 11.3 Å². The topological polar surface area (TPSA) is 38.9 Å². The fourth-order valence-corrected chi connectivity index (χ4v) is 4.20. The lowest BCUT2D eigenvalue weighted by molar-refractivity contribution is 0.558. The number of rotatable bonds is 3. The maximum atomic E-state index is 6.27. The molecule has 2 N–H and O–H groups in total. The third kappa shape index (κ3) is 2.00. The molecule has 21 heavy (non-hydrogen) atoms. The summed E-state index contributed by atoms with van der Waals surface area (Å²) in [6.45, 7) is 2.13. The normalized spacial score (nSPS) is 17.8. The van der Waals surface area contributed by atoms with Crippen LogP contribution in [-0.2, 0) is 5.41 Å². The second-order valence-electron chi connectivity index (χ2n) is 5.98. The zero-order valence-electron chi connectivity index (χ0n) is 12.0. The van der Waals surface area contributed by atoms with E-state index in [1.807, 2.05) is 6.07 Å². The zero-order valence-corrected chi connectivity index (χ0v) is 12.9. The van der Waals surface area contributed by atoms with E-state index >= 15 is 0 Å². The van der Waals surface area contributed by atoms with E-state index in [9.17, 15) is 0 Å². The average Bonchev–Trinajstić information content (AvgIpc) is 3.21. The van der Waals surface area contributed by atoms with Gasteiger partial charge in [-0.25, -0.2) is 4.98 Å². The van der Waals surface area contributed by atoms with Crippen LogP contribution < -0.4 is 5.73 Å². The Morgan fingerprint density at radius 2 is 1.81 bits per heavy atom. The Bertz CT molecular complexity index is 767. The summed E-state index contributed by atoms with van der Waals surface area (Å²) in [5.74, 6) is 0. The number of aromatic nitrogens is 1. The molecule has 0 aliphatic heterocycles. The molecule has 1 unspecified atom stereocenters. The lowest BCUT2D eigenvalue weighted by Gasteiger charge is -2.22. The highest BCUT2D eigenvalue weighted by Gasteiger charge is 2.48. The molecule has 1 aliphatic rings. The number of para-hydroxylation sites is 1. The molecule has 0 saturated heterocycles. The summed E-state index contributed by atoms with van der Waals surface area (Å²) in [7, 11) is 0. The lowest BCUT2D eigenvalue weighted by atomic mass is 9.86. The largest absolute Gasteiger partial charge is 0.327 e. The first-order chi connectivity index (χ1) is 10.2. The van der Waals surface area contributed by atoms with Crippen molar-refractivity contribution in [2.24, 2.45) is 5.73 Å². The minimum atomic E-state index is 0.161. The molecule has 1 saturated carbocycles. The van der Waals surface area contributed by atoms with Crippen molar-refractivity contribution in [2.75, 3.05) is 0 Å². The zero-order chi connectivity index (χ0) is 14.4. The molecule has 1 aromatic heterocycles. The number of hydrogen-bond donors (Lipinski definition) is 1. The van der Waals surface area contributed by atoms with Crippen molar-refractivity contribution in [2.45, 2.75) is 31.2 Å². The molecule has 1 aliphatic carbocycles. The van der Waals surface area contributed by atoms with E-state index in [0.29, 0.717) is 0 Å². The Morgan fingerprint density at radius 1 is 1.10 bits per heavy atom. The van der Waals surface area contributed by atoms with Crippen LogP contribution >= 0.6 is 11.3 Å². The molecule has 2 nitrogen and oxygen atoms in total. The molecule has 0 bridgehead atoms. The van der Waals surface area contributed by atoms with Gasteiger partial charge in [0.1, 0.15) is 5.01 Å². The van der Waals surface area contributed by atoms with Gasteiger partial charge in [0.15, 0.2) is 0 Å². The molecular weight excluding hydrogens is 276 g/mol. The van der Waals surface area contributed by atoms with E-state index in [-0.39, 0.29) is 11.5 Å². The van der Waals surface area contributed by atoms with E-state index in [0.717, 1.165) is 10.5 Å². The monoisotopic (exact) mass is 294 g/mol. The summed E-state index contributed by atoms with van der Waals surface area (Å²) in [5, 5.41) is 1.11. The molecule has 4 rings (SSSR count). The second kappa shape index (κ2) is 4.65. The number of nitrogens with zero attached hydrogens (tertiary/aromatic N) is 1. The fraction of sp³-hybridized carbons (Fsp3) is 0.278. The molecule has 0 radical (unpaired) electrons. The van der Waals surface area contributed by atoms with Gasteiger partial charge in [0.05, 0.1) is 10.2 Å². The number of nitrogens with two attached hydrogens (primary N) is 1. The van der Waals surface area contributed by atoms with Crippen LogP contribution in [0, 0.1) is 0 Å². The smallest absolute Gasteiger partial charge is 0.124 e. The first-order valence-corrected chi connectivity index (χ1v) is 8.23. The molecule has 2 aromatic carbocycles. The van der Waals surface area contributed by atoms with Crippen LogP contribution in [0.1, 0.15) is 25.3 Å². The standard InChI is InChI=1S/C18H18N2S/c1-12(19)18(10-11-18)14-7-3-2-6-13(14)17-20-15-8-4-5-9-16(15)21-17/h2-9,12H,10-11,19H2,1H3. The van der Waals surface area contributed by atoms with E-state index < -0.39 is 0 Å². The third-order valence-electron chi connectivity index (χ3n) is 4.65. The Labute approximate surface area is 128 Å². The Morgan fingerprint density at radius 3 is 2.52 bits per heavy atom. The van der Waals surface area contributed by atoms with Crippen molar-refractivity contribution in [3.63, 3.8) is 0 Å². The van der Waals surface area contributed by atoms with Crippen LogP contribution in [0.5, 0.6) is 0 Å². The fourth-order valence-electron chi connectivity index (χ4n) is 3.20. The van der Waals surface area contributed by atoms with Crippen molar-refractivity contribution in [3.05, 3.63) is 54.1 Å². The summed E-state index contributed by atoms with van der Waals surface area (Å²) in [5.41, 5.74) is 10.1. The van der Waals surface area contributed by atoms with Gasteiger partial charge >= 0.3 is 0 Å². The Kier molecular flexibility index (Phi) is 2.88. The first kappa shape index (κ1) is 13.0. The number of hydrogen-bond acceptors (Lipinski definition) is 3. The minimum absolute atomic E-state index is 0.161. The summed E-state index contributed by atoms with van der Waals surface area (Å²) in [6, 6.07) is 17.2. The third-order valence-corrected chi connectivity index (χ3v) is 5.72. The maximum Gasteiger partial charge on any atom is 0.124 e. The molecule has 3 aromatic rings. The van der Waals surface area contributed by atoms with Gasteiger partial charge in [-0.05, 0) is 37.5 Å². The van der Waals surface area contributed by atoms with E-state index in [2.05, 4.69) is 49.4 Å². The highest BCUT2D eigenvalue weighted by Crippen LogP contribution is 2.53. The molecule has 3 heteroatoms.